The Bertz CT molecular complexity index is 602. The van der Waals surface area contributed by atoms with E-state index in [9.17, 15) is 4.79 Å². The number of nitrogens with zero attached hydrogens (tertiary/aromatic N) is 2. The fourth-order valence-corrected chi connectivity index (χ4v) is 1.84. The number of ether oxygens (including phenoxy) is 1. The molecule has 0 unspecified atom stereocenters. The first kappa shape index (κ1) is 12.7. The van der Waals surface area contributed by atoms with Gasteiger partial charge in [0.25, 0.3) is 0 Å². The normalized spacial score (nSPS) is 10.1. The van der Waals surface area contributed by atoms with Gasteiger partial charge < -0.3 is 9.84 Å². The summed E-state index contributed by atoms with van der Waals surface area (Å²) in [6.07, 6.45) is 3.04. The predicted octanol–water partition coefficient (Wildman–Crippen LogP) is 2.88. The lowest BCUT2D eigenvalue weighted by atomic mass is 10.1. The topological polar surface area (TPSA) is 72.3 Å². The largest absolute Gasteiger partial charge is 0.478 e. The van der Waals surface area contributed by atoms with Crippen molar-refractivity contribution in [3.05, 3.63) is 45.4 Å². The summed E-state index contributed by atoms with van der Waals surface area (Å²) >= 11 is 2.07. The average Bonchev–Trinajstić information content (AvgIpc) is 2.32. The van der Waals surface area contributed by atoms with Gasteiger partial charge in [-0.15, -0.1) is 0 Å². The summed E-state index contributed by atoms with van der Waals surface area (Å²) < 4.78 is 6.36. The number of aromatic nitrogens is 2. The fourth-order valence-electron chi connectivity index (χ4n) is 1.43. The molecule has 5 nitrogen and oxygen atoms in total. The van der Waals surface area contributed by atoms with Crippen LogP contribution in [0.3, 0.4) is 0 Å². The van der Waals surface area contributed by atoms with Crippen LogP contribution in [0.2, 0.25) is 0 Å². The van der Waals surface area contributed by atoms with Gasteiger partial charge >= 0.3 is 5.97 Å². The van der Waals surface area contributed by atoms with E-state index >= 15 is 0 Å². The van der Waals surface area contributed by atoms with Crippen LogP contribution in [0, 0.1) is 10.5 Å². The van der Waals surface area contributed by atoms with Crippen LogP contribution >= 0.6 is 22.6 Å². The van der Waals surface area contributed by atoms with Crippen LogP contribution in [0.25, 0.3) is 0 Å². The maximum atomic E-state index is 10.9. The van der Waals surface area contributed by atoms with Crippen molar-refractivity contribution in [2.45, 2.75) is 6.92 Å². The smallest absolute Gasteiger partial charge is 0.335 e. The molecule has 6 heteroatoms. The Kier molecular flexibility index (Phi) is 3.75. The number of benzene rings is 1. The number of carboxylic acids is 1. The Balaban J connectivity index is 2.29. The standard InChI is InChI=1S/C12H9IN2O3/c1-7-4-8(2-3-9(7)12(16)17)18-11-10(13)5-14-6-15-11/h2-6H,1H3,(H,16,17). The number of carboxylic acid groups (broad SMARTS) is 1. The van der Waals surface area contributed by atoms with E-state index in [4.69, 9.17) is 9.84 Å². The zero-order valence-corrected chi connectivity index (χ0v) is 11.6. The number of carbonyl (C=O) groups is 1. The van der Waals surface area contributed by atoms with Gasteiger partial charge in [0.15, 0.2) is 0 Å². The average molecular weight is 356 g/mol. The lowest BCUT2D eigenvalue weighted by Gasteiger charge is -2.07. The molecule has 0 bridgehead atoms. The molecule has 0 aliphatic rings. The molecule has 1 aromatic carbocycles. The van der Waals surface area contributed by atoms with Crippen LogP contribution in [-0.4, -0.2) is 21.0 Å². The van der Waals surface area contributed by atoms with Gasteiger partial charge in [-0.25, -0.2) is 14.8 Å². The third-order valence-corrected chi connectivity index (χ3v) is 3.02. The zero-order chi connectivity index (χ0) is 13.1. The van der Waals surface area contributed by atoms with E-state index in [0.717, 1.165) is 3.57 Å². The molecule has 2 rings (SSSR count). The van der Waals surface area contributed by atoms with E-state index in [1.165, 1.54) is 12.4 Å². The quantitative estimate of drug-likeness (QED) is 0.857. The SMILES string of the molecule is Cc1cc(Oc2ncncc2I)ccc1C(=O)O. The van der Waals surface area contributed by atoms with Gasteiger partial charge in [-0.1, -0.05) is 0 Å². The van der Waals surface area contributed by atoms with Crippen molar-refractivity contribution in [2.24, 2.45) is 0 Å². The van der Waals surface area contributed by atoms with Crippen molar-refractivity contribution < 1.29 is 14.6 Å². The Morgan fingerprint density at radius 1 is 1.44 bits per heavy atom. The highest BCUT2D eigenvalue weighted by Crippen LogP contribution is 2.25. The van der Waals surface area contributed by atoms with Crippen LogP contribution in [0.1, 0.15) is 15.9 Å². The van der Waals surface area contributed by atoms with Gasteiger partial charge in [0, 0.05) is 6.20 Å². The highest BCUT2D eigenvalue weighted by atomic mass is 127. The van der Waals surface area contributed by atoms with Crippen molar-refractivity contribution >= 4 is 28.6 Å². The van der Waals surface area contributed by atoms with Crippen LogP contribution in [0.5, 0.6) is 11.6 Å². The van der Waals surface area contributed by atoms with Gasteiger partial charge in [0.1, 0.15) is 12.1 Å². The molecule has 0 radical (unpaired) electrons. The lowest BCUT2D eigenvalue weighted by Crippen LogP contribution is -2.00. The summed E-state index contributed by atoms with van der Waals surface area (Å²) in [5, 5.41) is 8.93. The van der Waals surface area contributed by atoms with E-state index in [0.29, 0.717) is 17.2 Å². The molecule has 0 aliphatic carbocycles. The Hall–Kier alpha value is -1.70. The second kappa shape index (κ2) is 5.30. The number of aromatic carboxylic acids is 1. The van der Waals surface area contributed by atoms with E-state index < -0.39 is 5.97 Å². The number of halogens is 1. The molecular formula is C12H9IN2O3. The third kappa shape index (κ3) is 2.76. The summed E-state index contributed by atoms with van der Waals surface area (Å²) in [4.78, 5) is 18.8. The van der Waals surface area contributed by atoms with Gasteiger partial charge in [0.2, 0.25) is 5.88 Å². The minimum Gasteiger partial charge on any atom is -0.478 e. The molecule has 0 saturated heterocycles. The Morgan fingerprint density at radius 3 is 2.83 bits per heavy atom. The highest BCUT2D eigenvalue weighted by molar-refractivity contribution is 14.1. The molecule has 0 saturated carbocycles. The van der Waals surface area contributed by atoms with E-state index in [1.807, 2.05) is 0 Å². The first-order valence-electron chi connectivity index (χ1n) is 5.05. The van der Waals surface area contributed by atoms with Gasteiger partial charge in [-0.2, -0.15) is 0 Å². The summed E-state index contributed by atoms with van der Waals surface area (Å²) in [6, 6.07) is 4.79. The molecule has 18 heavy (non-hydrogen) atoms. The van der Waals surface area contributed by atoms with Crippen LogP contribution in [0.15, 0.2) is 30.7 Å². The molecule has 1 N–H and O–H groups in total. The molecule has 0 aliphatic heterocycles. The summed E-state index contributed by atoms with van der Waals surface area (Å²) in [5.74, 6) is 0.0536. The number of hydrogen-bond acceptors (Lipinski definition) is 4. The van der Waals surface area contributed by atoms with Crippen molar-refractivity contribution in [3.63, 3.8) is 0 Å². The molecule has 1 heterocycles. The molecule has 0 fully saturated rings. The van der Waals surface area contributed by atoms with Crippen molar-refractivity contribution in [1.82, 2.24) is 9.97 Å². The molecule has 0 spiro atoms. The molecular weight excluding hydrogens is 347 g/mol. The third-order valence-electron chi connectivity index (χ3n) is 2.28. The molecule has 2 aromatic rings. The molecule has 0 amide bonds. The monoisotopic (exact) mass is 356 g/mol. The van der Waals surface area contributed by atoms with Gasteiger partial charge in [-0.05, 0) is 53.3 Å². The van der Waals surface area contributed by atoms with Crippen LogP contribution in [0.4, 0.5) is 0 Å². The second-order valence-corrected chi connectivity index (χ2v) is 4.72. The van der Waals surface area contributed by atoms with E-state index in [1.54, 1.807) is 25.3 Å². The summed E-state index contributed by atoms with van der Waals surface area (Å²) in [6.45, 7) is 1.72. The fraction of sp³-hybridized carbons (Fsp3) is 0.0833. The van der Waals surface area contributed by atoms with Crippen molar-refractivity contribution in [1.29, 1.82) is 0 Å². The Labute approximate surface area is 117 Å². The number of aryl methyl sites for hydroxylation is 1. The minimum atomic E-state index is -0.948. The summed E-state index contributed by atoms with van der Waals surface area (Å²) in [7, 11) is 0. The lowest BCUT2D eigenvalue weighted by molar-refractivity contribution is 0.0696. The second-order valence-electron chi connectivity index (χ2n) is 3.56. The first-order valence-corrected chi connectivity index (χ1v) is 6.13. The Morgan fingerprint density at radius 2 is 2.22 bits per heavy atom. The van der Waals surface area contributed by atoms with Crippen LogP contribution in [-0.2, 0) is 0 Å². The summed E-state index contributed by atoms with van der Waals surface area (Å²) in [5.41, 5.74) is 0.906. The first-order chi connectivity index (χ1) is 8.58. The van der Waals surface area contributed by atoms with Gasteiger partial charge in [-0.3, -0.25) is 0 Å². The number of rotatable bonds is 3. The maximum Gasteiger partial charge on any atom is 0.335 e. The highest BCUT2D eigenvalue weighted by Gasteiger charge is 2.09. The van der Waals surface area contributed by atoms with Crippen molar-refractivity contribution in [3.8, 4) is 11.6 Å². The van der Waals surface area contributed by atoms with Crippen molar-refractivity contribution in [2.75, 3.05) is 0 Å². The molecule has 92 valence electrons. The molecule has 0 atom stereocenters. The van der Waals surface area contributed by atoms with Crippen LogP contribution < -0.4 is 4.74 Å². The number of hydrogen-bond donors (Lipinski definition) is 1. The maximum absolute atomic E-state index is 10.9. The van der Waals surface area contributed by atoms with E-state index in [-0.39, 0.29) is 5.56 Å². The predicted molar refractivity (Wildman–Crippen MR) is 73.0 cm³/mol. The van der Waals surface area contributed by atoms with Gasteiger partial charge in [0.05, 0.1) is 9.13 Å². The molecule has 1 aromatic heterocycles. The minimum absolute atomic E-state index is 0.264. The van der Waals surface area contributed by atoms with E-state index in [2.05, 4.69) is 32.6 Å². The zero-order valence-electron chi connectivity index (χ0n) is 9.42.